The zero-order valence-electron chi connectivity index (χ0n) is 14.0. The minimum atomic E-state index is -4.44. The third-order valence-electron chi connectivity index (χ3n) is 4.26. The first kappa shape index (κ1) is 19.3. The molecule has 1 fully saturated rings. The first-order chi connectivity index (χ1) is 12.6. The summed E-state index contributed by atoms with van der Waals surface area (Å²) in [5.41, 5.74) is -1.57. The summed E-state index contributed by atoms with van der Waals surface area (Å²) < 4.78 is 81.4. The van der Waals surface area contributed by atoms with E-state index in [1.54, 1.807) is 4.90 Å². The average Bonchev–Trinajstić information content (AvgIpc) is 2.61. The molecular formula is C18H16F6N2O. The van der Waals surface area contributed by atoms with Crippen molar-refractivity contribution in [3.63, 3.8) is 0 Å². The van der Waals surface area contributed by atoms with Crippen LogP contribution in [0.5, 0.6) is 5.75 Å². The van der Waals surface area contributed by atoms with Crippen molar-refractivity contribution >= 4 is 5.82 Å². The molecule has 0 amide bonds. The summed E-state index contributed by atoms with van der Waals surface area (Å²) in [7, 11) is 0. The van der Waals surface area contributed by atoms with E-state index in [1.165, 1.54) is 18.2 Å². The van der Waals surface area contributed by atoms with E-state index in [2.05, 4.69) is 4.98 Å². The van der Waals surface area contributed by atoms with Crippen LogP contribution in [0.3, 0.4) is 0 Å². The summed E-state index contributed by atoms with van der Waals surface area (Å²) in [5.74, 6) is 0.721. The minimum Gasteiger partial charge on any atom is -0.489 e. The number of anilines is 1. The second-order valence-corrected chi connectivity index (χ2v) is 6.25. The standard InChI is InChI=1S/C18H16F6N2O/c19-17(20,21)12-3-6-14(7-4-12)27-15-2-1-9-26(11-15)16-8-5-13(10-25-16)18(22,23)24/h3-8,10,15H,1-2,9,11H2. The van der Waals surface area contributed by atoms with E-state index in [0.29, 0.717) is 31.1 Å². The number of ether oxygens (including phenoxy) is 1. The largest absolute Gasteiger partial charge is 0.489 e. The number of aromatic nitrogens is 1. The number of nitrogens with zero attached hydrogens (tertiary/aromatic N) is 2. The smallest absolute Gasteiger partial charge is 0.417 e. The SMILES string of the molecule is FC(F)(F)c1ccc(OC2CCCN(c3ccc(C(F)(F)F)cn3)C2)cc1. The molecule has 2 aromatic rings. The third-order valence-corrected chi connectivity index (χ3v) is 4.26. The zero-order valence-corrected chi connectivity index (χ0v) is 14.0. The molecule has 1 atom stereocenters. The van der Waals surface area contributed by atoms with Crippen LogP contribution >= 0.6 is 0 Å². The normalized spacial score (nSPS) is 18.4. The van der Waals surface area contributed by atoms with Gasteiger partial charge in [-0.15, -0.1) is 0 Å². The van der Waals surface area contributed by atoms with Crippen molar-refractivity contribution in [3.05, 3.63) is 53.7 Å². The van der Waals surface area contributed by atoms with Crippen LogP contribution in [-0.2, 0) is 12.4 Å². The zero-order chi connectivity index (χ0) is 19.7. The van der Waals surface area contributed by atoms with E-state index in [1.807, 2.05) is 0 Å². The maximum Gasteiger partial charge on any atom is 0.417 e. The number of hydrogen-bond donors (Lipinski definition) is 0. The van der Waals surface area contributed by atoms with E-state index in [-0.39, 0.29) is 6.10 Å². The van der Waals surface area contributed by atoms with Crippen LogP contribution in [0.15, 0.2) is 42.6 Å². The number of benzene rings is 1. The molecule has 0 spiro atoms. The average molecular weight is 390 g/mol. The van der Waals surface area contributed by atoms with Gasteiger partial charge in [-0.2, -0.15) is 26.3 Å². The van der Waals surface area contributed by atoms with E-state index < -0.39 is 23.5 Å². The van der Waals surface area contributed by atoms with Gasteiger partial charge < -0.3 is 9.64 Å². The molecule has 146 valence electrons. The number of halogens is 6. The van der Waals surface area contributed by atoms with Crippen LogP contribution in [0, 0.1) is 0 Å². The molecule has 9 heteroatoms. The molecule has 1 aliphatic rings. The van der Waals surface area contributed by atoms with E-state index in [0.717, 1.165) is 30.8 Å². The second-order valence-electron chi connectivity index (χ2n) is 6.25. The molecule has 1 saturated heterocycles. The predicted molar refractivity (Wildman–Crippen MR) is 86.5 cm³/mol. The Kier molecular flexibility index (Phi) is 5.21. The monoisotopic (exact) mass is 390 g/mol. The summed E-state index contributed by atoms with van der Waals surface area (Å²) >= 11 is 0. The van der Waals surface area contributed by atoms with Gasteiger partial charge in [0, 0.05) is 12.7 Å². The van der Waals surface area contributed by atoms with Crippen LogP contribution < -0.4 is 9.64 Å². The molecule has 3 rings (SSSR count). The summed E-state index contributed by atoms with van der Waals surface area (Å²) in [6.07, 6.45) is -6.93. The maximum atomic E-state index is 12.6. The van der Waals surface area contributed by atoms with Crippen molar-refractivity contribution in [2.24, 2.45) is 0 Å². The van der Waals surface area contributed by atoms with Gasteiger partial charge in [-0.25, -0.2) is 4.98 Å². The van der Waals surface area contributed by atoms with Crippen molar-refractivity contribution < 1.29 is 31.1 Å². The van der Waals surface area contributed by atoms with Crippen LogP contribution in [0.25, 0.3) is 0 Å². The molecule has 1 aromatic carbocycles. The highest BCUT2D eigenvalue weighted by Gasteiger charge is 2.32. The fourth-order valence-electron chi connectivity index (χ4n) is 2.90. The van der Waals surface area contributed by atoms with Gasteiger partial charge in [0.2, 0.25) is 0 Å². The lowest BCUT2D eigenvalue weighted by Gasteiger charge is -2.33. The topological polar surface area (TPSA) is 25.4 Å². The number of alkyl halides is 6. The molecule has 0 aliphatic carbocycles. The molecule has 1 unspecified atom stereocenters. The Bertz CT molecular complexity index is 755. The van der Waals surface area contributed by atoms with Crippen molar-refractivity contribution in [2.75, 3.05) is 18.0 Å². The molecule has 0 saturated carbocycles. The summed E-state index contributed by atoms with van der Waals surface area (Å²) in [4.78, 5) is 5.68. The van der Waals surface area contributed by atoms with Gasteiger partial charge in [0.1, 0.15) is 17.7 Å². The Morgan fingerprint density at radius 2 is 1.52 bits per heavy atom. The minimum absolute atomic E-state index is 0.292. The van der Waals surface area contributed by atoms with Crippen LogP contribution in [0.1, 0.15) is 24.0 Å². The number of rotatable bonds is 3. The highest BCUT2D eigenvalue weighted by atomic mass is 19.4. The van der Waals surface area contributed by atoms with Crippen molar-refractivity contribution in [2.45, 2.75) is 31.3 Å². The lowest BCUT2D eigenvalue weighted by molar-refractivity contribution is -0.138. The first-order valence-electron chi connectivity index (χ1n) is 8.25. The molecule has 0 radical (unpaired) electrons. The second kappa shape index (κ2) is 7.28. The highest BCUT2D eigenvalue weighted by molar-refractivity contribution is 5.40. The predicted octanol–water partition coefficient (Wildman–Crippen LogP) is 5.17. The third kappa shape index (κ3) is 4.84. The Morgan fingerprint density at radius 3 is 2.07 bits per heavy atom. The fourth-order valence-corrected chi connectivity index (χ4v) is 2.90. The quantitative estimate of drug-likeness (QED) is 0.677. The lowest BCUT2D eigenvalue weighted by Crippen LogP contribution is -2.41. The lowest BCUT2D eigenvalue weighted by atomic mass is 10.1. The Labute approximate surface area is 151 Å². The van der Waals surface area contributed by atoms with Crippen LogP contribution in [0.2, 0.25) is 0 Å². The maximum absolute atomic E-state index is 12.6. The molecule has 1 aliphatic heterocycles. The molecule has 3 nitrogen and oxygen atoms in total. The fraction of sp³-hybridized carbons (Fsp3) is 0.389. The number of piperidine rings is 1. The summed E-state index contributed by atoms with van der Waals surface area (Å²) in [6.45, 7) is 1.00. The summed E-state index contributed by atoms with van der Waals surface area (Å²) in [6, 6.07) is 6.71. The van der Waals surface area contributed by atoms with Crippen LogP contribution in [0.4, 0.5) is 32.2 Å². The molecule has 2 heterocycles. The van der Waals surface area contributed by atoms with E-state index in [9.17, 15) is 26.3 Å². The van der Waals surface area contributed by atoms with Gasteiger partial charge in [0.05, 0.1) is 17.7 Å². The number of hydrogen-bond acceptors (Lipinski definition) is 3. The molecule has 27 heavy (non-hydrogen) atoms. The molecule has 1 aromatic heterocycles. The van der Waals surface area contributed by atoms with E-state index in [4.69, 9.17) is 4.74 Å². The van der Waals surface area contributed by atoms with Gasteiger partial charge in [0.25, 0.3) is 0 Å². The van der Waals surface area contributed by atoms with Gasteiger partial charge in [-0.1, -0.05) is 0 Å². The Balaban J connectivity index is 1.64. The Hall–Kier alpha value is -2.45. The van der Waals surface area contributed by atoms with Gasteiger partial charge in [-0.05, 0) is 49.2 Å². The van der Waals surface area contributed by atoms with Gasteiger partial charge in [-0.3, -0.25) is 0 Å². The summed E-state index contributed by atoms with van der Waals surface area (Å²) in [5, 5.41) is 0. The highest BCUT2D eigenvalue weighted by Crippen LogP contribution is 2.32. The van der Waals surface area contributed by atoms with Crippen molar-refractivity contribution in [3.8, 4) is 5.75 Å². The van der Waals surface area contributed by atoms with Gasteiger partial charge in [0.15, 0.2) is 0 Å². The van der Waals surface area contributed by atoms with E-state index >= 15 is 0 Å². The first-order valence-corrected chi connectivity index (χ1v) is 8.25. The van der Waals surface area contributed by atoms with Crippen molar-refractivity contribution in [1.29, 1.82) is 0 Å². The molecular weight excluding hydrogens is 374 g/mol. The molecule has 0 N–H and O–H groups in total. The molecule has 0 bridgehead atoms. The van der Waals surface area contributed by atoms with Crippen LogP contribution in [-0.4, -0.2) is 24.2 Å². The Morgan fingerprint density at radius 1 is 0.889 bits per heavy atom. The van der Waals surface area contributed by atoms with Gasteiger partial charge >= 0.3 is 12.4 Å². The number of pyridine rings is 1. The van der Waals surface area contributed by atoms with Crippen molar-refractivity contribution in [1.82, 2.24) is 4.98 Å².